The molecule has 1 aliphatic rings. The molecule has 1 unspecified atom stereocenters. The molecule has 9 heteroatoms. The van der Waals surface area contributed by atoms with E-state index in [-0.39, 0.29) is 5.75 Å². The van der Waals surface area contributed by atoms with Crippen LogP contribution in [0.15, 0.2) is 35.9 Å². The summed E-state index contributed by atoms with van der Waals surface area (Å²) in [7, 11) is -2.32. The monoisotopic (exact) mass is 369 g/mol. The lowest BCUT2D eigenvalue weighted by Gasteiger charge is -2.25. The molecule has 0 bridgehead atoms. The number of esters is 1. The van der Waals surface area contributed by atoms with Crippen molar-refractivity contribution in [3.8, 4) is 5.75 Å². The van der Waals surface area contributed by atoms with E-state index in [1.165, 1.54) is 21.0 Å². The Hall–Kier alpha value is -2.55. The van der Waals surface area contributed by atoms with Gasteiger partial charge < -0.3 is 14.2 Å². The standard InChI is InChI=1S/C16H19NO7S/c1-5-25(20,21)17-15-13(23-10(2)18)14(19)16(3,24-15)11-8-6-7-9-12(11)22-4/h6-9,17H,5H2,1-4H3. The maximum atomic E-state index is 12.9. The number of carbonyl (C=O) groups excluding carboxylic acids is 2. The summed E-state index contributed by atoms with van der Waals surface area (Å²) < 4.78 is 41.7. The minimum absolute atomic E-state index is 0.243. The molecular formula is C16H19NO7S. The first-order chi connectivity index (χ1) is 11.6. The van der Waals surface area contributed by atoms with E-state index < -0.39 is 39.0 Å². The molecule has 1 aliphatic heterocycles. The first-order valence-electron chi connectivity index (χ1n) is 7.45. The maximum Gasteiger partial charge on any atom is 0.308 e. The van der Waals surface area contributed by atoms with Gasteiger partial charge in [0.05, 0.1) is 12.9 Å². The van der Waals surface area contributed by atoms with Crippen molar-refractivity contribution in [1.82, 2.24) is 4.72 Å². The highest BCUT2D eigenvalue weighted by Crippen LogP contribution is 2.42. The molecule has 136 valence electrons. The van der Waals surface area contributed by atoms with E-state index in [1.54, 1.807) is 24.3 Å². The van der Waals surface area contributed by atoms with Crippen LogP contribution in [-0.2, 0) is 34.7 Å². The maximum absolute atomic E-state index is 12.9. The van der Waals surface area contributed by atoms with Gasteiger partial charge in [-0.2, -0.15) is 0 Å². The highest BCUT2D eigenvalue weighted by Gasteiger charge is 2.51. The van der Waals surface area contributed by atoms with Crippen molar-refractivity contribution in [2.24, 2.45) is 0 Å². The average Bonchev–Trinajstić information content (AvgIpc) is 2.79. The fourth-order valence-electron chi connectivity index (χ4n) is 2.35. The largest absolute Gasteiger partial charge is 0.496 e. The second-order valence-corrected chi connectivity index (χ2v) is 7.43. The summed E-state index contributed by atoms with van der Waals surface area (Å²) in [5.74, 6) is -2.24. The van der Waals surface area contributed by atoms with Crippen LogP contribution in [0.1, 0.15) is 26.3 Å². The number of para-hydroxylation sites is 1. The Kier molecular flexibility index (Phi) is 5.07. The Morgan fingerprint density at radius 3 is 2.52 bits per heavy atom. The Morgan fingerprint density at radius 2 is 1.96 bits per heavy atom. The molecular weight excluding hydrogens is 350 g/mol. The van der Waals surface area contributed by atoms with Crippen molar-refractivity contribution in [1.29, 1.82) is 0 Å². The normalized spacial score (nSPS) is 20.2. The summed E-state index contributed by atoms with van der Waals surface area (Å²) in [5, 5.41) is 0. The zero-order chi connectivity index (χ0) is 18.8. The van der Waals surface area contributed by atoms with E-state index in [1.807, 2.05) is 0 Å². The van der Waals surface area contributed by atoms with E-state index in [2.05, 4.69) is 4.72 Å². The average molecular weight is 369 g/mol. The van der Waals surface area contributed by atoms with Gasteiger partial charge in [-0.25, -0.2) is 8.42 Å². The van der Waals surface area contributed by atoms with Gasteiger partial charge >= 0.3 is 5.97 Å². The summed E-state index contributed by atoms with van der Waals surface area (Å²) >= 11 is 0. The summed E-state index contributed by atoms with van der Waals surface area (Å²) in [5.41, 5.74) is -1.24. The molecule has 2 rings (SSSR count). The Balaban J connectivity index is 2.53. The molecule has 0 aliphatic carbocycles. The number of carbonyl (C=O) groups is 2. The van der Waals surface area contributed by atoms with Gasteiger partial charge in [-0.1, -0.05) is 18.2 Å². The third-order valence-electron chi connectivity index (χ3n) is 3.65. The molecule has 0 spiro atoms. The van der Waals surface area contributed by atoms with Crippen LogP contribution in [0.2, 0.25) is 0 Å². The number of ether oxygens (including phenoxy) is 3. The van der Waals surface area contributed by atoms with Crippen molar-refractivity contribution in [3.05, 3.63) is 41.5 Å². The summed E-state index contributed by atoms with van der Waals surface area (Å²) in [6.07, 6.45) is 0. The third-order valence-corrected chi connectivity index (χ3v) is 4.90. The molecule has 1 aromatic carbocycles. The number of hydrogen-bond donors (Lipinski definition) is 1. The number of Topliss-reactive ketones (excluding diaryl/α,β-unsaturated/α-hetero) is 1. The van der Waals surface area contributed by atoms with Crippen molar-refractivity contribution in [3.63, 3.8) is 0 Å². The predicted octanol–water partition coefficient (Wildman–Crippen LogP) is 1.18. The van der Waals surface area contributed by atoms with Crippen molar-refractivity contribution < 1.29 is 32.2 Å². The van der Waals surface area contributed by atoms with Gasteiger partial charge in [0.25, 0.3) is 5.78 Å². The Morgan fingerprint density at radius 1 is 1.32 bits per heavy atom. The van der Waals surface area contributed by atoms with Crippen LogP contribution in [0.3, 0.4) is 0 Å². The number of hydrogen-bond acceptors (Lipinski definition) is 7. The van der Waals surface area contributed by atoms with Gasteiger partial charge in [0.1, 0.15) is 5.75 Å². The number of methoxy groups -OCH3 is 1. The van der Waals surface area contributed by atoms with E-state index in [0.717, 1.165) is 6.92 Å². The molecule has 0 fully saturated rings. The first-order valence-corrected chi connectivity index (χ1v) is 9.10. The predicted molar refractivity (Wildman–Crippen MR) is 87.8 cm³/mol. The molecule has 0 radical (unpaired) electrons. The number of nitrogens with one attached hydrogen (secondary N) is 1. The highest BCUT2D eigenvalue weighted by molar-refractivity contribution is 7.89. The van der Waals surface area contributed by atoms with E-state index in [4.69, 9.17) is 14.2 Å². The Labute approximate surface area is 145 Å². The SMILES string of the molecule is CCS(=O)(=O)NC1=C(OC(C)=O)C(=O)C(C)(c2ccccc2OC)O1. The zero-order valence-corrected chi connectivity index (χ0v) is 15.1. The zero-order valence-electron chi connectivity index (χ0n) is 14.3. The van der Waals surface area contributed by atoms with Crippen LogP contribution < -0.4 is 9.46 Å². The third kappa shape index (κ3) is 3.60. The minimum atomic E-state index is -3.75. The van der Waals surface area contributed by atoms with Gasteiger partial charge in [-0.3, -0.25) is 14.3 Å². The van der Waals surface area contributed by atoms with E-state index >= 15 is 0 Å². The topological polar surface area (TPSA) is 108 Å². The molecule has 1 atom stereocenters. The molecule has 0 aromatic heterocycles. The summed E-state index contributed by atoms with van der Waals surface area (Å²) in [6.45, 7) is 3.97. The first kappa shape index (κ1) is 18.8. The van der Waals surface area contributed by atoms with Gasteiger partial charge in [0.15, 0.2) is 0 Å². The molecule has 0 saturated carbocycles. The highest BCUT2D eigenvalue weighted by atomic mass is 32.2. The smallest absolute Gasteiger partial charge is 0.308 e. The number of sulfonamides is 1. The second kappa shape index (κ2) is 6.75. The number of rotatable bonds is 6. The van der Waals surface area contributed by atoms with E-state index in [0.29, 0.717) is 11.3 Å². The summed E-state index contributed by atoms with van der Waals surface area (Å²) in [4.78, 5) is 24.2. The van der Waals surface area contributed by atoms with Crippen LogP contribution in [0.5, 0.6) is 5.75 Å². The molecule has 1 heterocycles. The van der Waals surface area contributed by atoms with Gasteiger partial charge in [-0.15, -0.1) is 0 Å². The van der Waals surface area contributed by atoms with Crippen LogP contribution in [0.4, 0.5) is 0 Å². The number of benzene rings is 1. The van der Waals surface area contributed by atoms with Crippen molar-refractivity contribution in [2.45, 2.75) is 26.4 Å². The molecule has 1 aromatic rings. The van der Waals surface area contributed by atoms with Gasteiger partial charge in [0.2, 0.25) is 27.3 Å². The lowest BCUT2D eigenvalue weighted by atomic mass is 9.91. The second-order valence-electron chi connectivity index (χ2n) is 5.42. The molecule has 25 heavy (non-hydrogen) atoms. The fraction of sp³-hybridized carbons (Fsp3) is 0.375. The van der Waals surface area contributed by atoms with Crippen LogP contribution in [-0.4, -0.2) is 33.0 Å². The van der Waals surface area contributed by atoms with Crippen molar-refractivity contribution >= 4 is 21.8 Å². The Bertz CT molecular complexity index is 844. The van der Waals surface area contributed by atoms with Gasteiger partial charge in [0, 0.05) is 12.5 Å². The minimum Gasteiger partial charge on any atom is -0.496 e. The van der Waals surface area contributed by atoms with Crippen molar-refractivity contribution in [2.75, 3.05) is 12.9 Å². The van der Waals surface area contributed by atoms with E-state index in [9.17, 15) is 18.0 Å². The molecule has 0 amide bonds. The lowest BCUT2D eigenvalue weighted by molar-refractivity contribution is -0.142. The van der Waals surface area contributed by atoms with Crippen LogP contribution >= 0.6 is 0 Å². The summed E-state index contributed by atoms with van der Waals surface area (Å²) in [6, 6.07) is 6.64. The van der Waals surface area contributed by atoms with Crippen LogP contribution in [0, 0.1) is 0 Å². The van der Waals surface area contributed by atoms with Crippen LogP contribution in [0.25, 0.3) is 0 Å². The molecule has 1 N–H and O–H groups in total. The lowest BCUT2D eigenvalue weighted by Crippen LogP contribution is -2.33. The van der Waals surface area contributed by atoms with Gasteiger partial charge in [-0.05, 0) is 19.9 Å². The fourth-order valence-corrected chi connectivity index (χ4v) is 2.91. The quantitative estimate of drug-likeness (QED) is 0.750. The molecule has 0 saturated heterocycles. The number of ketones is 1. The molecule has 8 nitrogen and oxygen atoms in total.